The van der Waals surface area contributed by atoms with E-state index in [0.717, 1.165) is 36.0 Å². The van der Waals surface area contributed by atoms with E-state index in [9.17, 15) is 4.79 Å². The molecule has 148 valence electrons. The van der Waals surface area contributed by atoms with E-state index in [1.54, 1.807) is 24.4 Å². The largest absolute Gasteiger partial charge is 0.383 e. The van der Waals surface area contributed by atoms with Gasteiger partial charge >= 0.3 is 0 Å². The topological polar surface area (TPSA) is 84.1 Å². The minimum atomic E-state index is -0.225. The van der Waals surface area contributed by atoms with Gasteiger partial charge in [-0.1, -0.05) is 29.8 Å². The number of carbonyl (C=O) groups excluding carboxylic acids is 1. The summed E-state index contributed by atoms with van der Waals surface area (Å²) in [5.74, 6) is 0.762. The van der Waals surface area contributed by atoms with E-state index in [-0.39, 0.29) is 17.6 Å². The van der Waals surface area contributed by atoms with Crippen LogP contribution in [-0.4, -0.2) is 35.4 Å². The molecule has 0 spiro atoms. The zero-order chi connectivity index (χ0) is 20.4. The van der Waals surface area contributed by atoms with Gasteiger partial charge in [0.15, 0.2) is 0 Å². The lowest BCUT2D eigenvalue weighted by atomic mass is 10.0. The lowest BCUT2D eigenvalue weighted by Crippen LogP contribution is -2.46. The maximum absolute atomic E-state index is 12.8. The van der Waals surface area contributed by atoms with E-state index >= 15 is 0 Å². The second kappa shape index (κ2) is 8.19. The standard InChI is InChI=1S/C22H22ClN5O/c1-14-12-15(7-8-17(14)23)19-13-28(11-10-25-19)20-6-2-5-18(27-20)21(29)16-4-3-9-26-22(16)24/h2-9,12,19,25H,10-11,13H2,1H3,(H2,24,26). The molecule has 0 saturated carbocycles. The molecule has 0 amide bonds. The second-order valence-corrected chi connectivity index (χ2v) is 7.51. The third-order valence-electron chi connectivity index (χ3n) is 5.13. The van der Waals surface area contributed by atoms with E-state index in [1.165, 1.54) is 5.56 Å². The molecular weight excluding hydrogens is 386 g/mol. The third kappa shape index (κ3) is 4.09. The van der Waals surface area contributed by atoms with Gasteiger partial charge in [-0.05, 0) is 48.4 Å². The zero-order valence-corrected chi connectivity index (χ0v) is 16.9. The summed E-state index contributed by atoms with van der Waals surface area (Å²) >= 11 is 6.17. The van der Waals surface area contributed by atoms with E-state index in [2.05, 4.69) is 32.3 Å². The number of aromatic nitrogens is 2. The van der Waals surface area contributed by atoms with Crippen molar-refractivity contribution in [2.45, 2.75) is 13.0 Å². The minimum Gasteiger partial charge on any atom is -0.383 e. The Balaban J connectivity index is 1.57. The number of nitrogens with one attached hydrogen (secondary N) is 1. The summed E-state index contributed by atoms with van der Waals surface area (Å²) in [6, 6.07) is 15.1. The van der Waals surface area contributed by atoms with Gasteiger partial charge in [0, 0.05) is 36.9 Å². The van der Waals surface area contributed by atoms with Crippen molar-refractivity contribution in [2.24, 2.45) is 0 Å². The molecule has 3 heterocycles. The van der Waals surface area contributed by atoms with Crippen LogP contribution in [0.25, 0.3) is 0 Å². The second-order valence-electron chi connectivity index (χ2n) is 7.11. The number of carbonyl (C=O) groups is 1. The maximum Gasteiger partial charge on any atom is 0.215 e. The molecule has 7 heteroatoms. The first-order chi connectivity index (χ1) is 14.0. The van der Waals surface area contributed by atoms with Gasteiger partial charge in [-0.3, -0.25) is 4.79 Å². The highest BCUT2D eigenvalue weighted by molar-refractivity contribution is 6.31. The van der Waals surface area contributed by atoms with Gasteiger partial charge in [-0.2, -0.15) is 0 Å². The molecule has 29 heavy (non-hydrogen) atoms. The van der Waals surface area contributed by atoms with E-state index < -0.39 is 0 Å². The van der Waals surface area contributed by atoms with Crippen molar-refractivity contribution in [1.82, 2.24) is 15.3 Å². The molecule has 6 nitrogen and oxygen atoms in total. The molecule has 0 bridgehead atoms. The Morgan fingerprint density at radius 1 is 1.24 bits per heavy atom. The summed E-state index contributed by atoms with van der Waals surface area (Å²) in [4.78, 5) is 23.6. The van der Waals surface area contributed by atoms with Crippen molar-refractivity contribution in [1.29, 1.82) is 0 Å². The summed E-state index contributed by atoms with van der Waals surface area (Å²) in [5, 5.41) is 4.32. The number of hydrogen-bond donors (Lipinski definition) is 2. The molecule has 0 aliphatic carbocycles. The lowest BCUT2D eigenvalue weighted by molar-refractivity contribution is 0.103. The van der Waals surface area contributed by atoms with Crippen molar-refractivity contribution < 1.29 is 4.79 Å². The SMILES string of the molecule is Cc1cc(C2CN(c3cccc(C(=O)c4cccnc4N)n3)CCN2)ccc1Cl. The zero-order valence-electron chi connectivity index (χ0n) is 16.1. The van der Waals surface area contributed by atoms with Crippen molar-refractivity contribution >= 4 is 29.0 Å². The summed E-state index contributed by atoms with van der Waals surface area (Å²) in [5.41, 5.74) is 8.83. The Bertz CT molecular complexity index is 1050. The van der Waals surface area contributed by atoms with Crippen molar-refractivity contribution in [3.05, 3.63) is 82.1 Å². The van der Waals surface area contributed by atoms with Crippen molar-refractivity contribution in [2.75, 3.05) is 30.3 Å². The fraction of sp³-hybridized carbons (Fsp3) is 0.227. The Morgan fingerprint density at radius 3 is 2.90 bits per heavy atom. The molecule has 3 aromatic rings. The predicted molar refractivity (Wildman–Crippen MR) is 115 cm³/mol. The van der Waals surface area contributed by atoms with Gasteiger partial charge in [-0.25, -0.2) is 9.97 Å². The van der Waals surface area contributed by atoms with Gasteiger partial charge in [0.1, 0.15) is 17.3 Å². The lowest BCUT2D eigenvalue weighted by Gasteiger charge is -2.35. The molecule has 3 N–H and O–H groups in total. The number of hydrogen-bond acceptors (Lipinski definition) is 6. The Hall–Kier alpha value is -2.96. The Kier molecular flexibility index (Phi) is 5.47. The summed E-state index contributed by atoms with van der Waals surface area (Å²) < 4.78 is 0. The maximum atomic E-state index is 12.8. The number of nitrogens with two attached hydrogens (primary N) is 1. The molecule has 1 aromatic carbocycles. The highest BCUT2D eigenvalue weighted by Crippen LogP contribution is 2.25. The molecule has 1 aliphatic heterocycles. The first-order valence-corrected chi connectivity index (χ1v) is 9.87. The molecule has 1 unspecified atom stereocenters. The number of nitrogens with zero attached hydrogens (tertiary/aromatic N) is 3. The number of nitrogen functional groups attached to an aromatic ring is 1. The average Bonchev–Trinajstić information content (AvgIpc) is 2.76. The van der Waals surface area contributed by atoms with Crippen LogP contribution in [0.2, 0.25) is 5.02 Å². The minimum absolute atomic E-state index is 0.162. The van der Waals surface area contributed by atoms with E-state index in [1.807, 2.05) is 25.1 Å². The molecule has 2 aromatic heterocycles. The Morgan fingerprint density at radius 2 is 2.10 bits per heavy atom. The predicted octanol–water partition coefficient (Wildman–Crippen LogP) is 3.40. The van der Waals surface area contributed by atoms with E-state index in [0.29, 0.717) is 11.3 Å². The van der Waals surface area contributed by atoms with Crippen molar-refractivity contribution in [3.63, 3.8) is 0 Å². The number of ketones is 1. The normalized spacial score (nSPS) is 16.6. The van der Waals surface area contributed by atoms with Crippen LogP contribution in [0, 0.1) is 6.92 Å². The number of halogens is 1. The van der Waals surface area contributed by atoms with Crippen LogP contribution >= 0.6 is 11.6 Å². The molecular formula is C22H22ClN5O. The number of pyridine rings is 2. The summed E-state index contributed by atoms with van der Waals surface area (Å²) in [6.07, 6.45) is 1.56. The molecule has 1 saturated heterocycles. The van der Waals surface area contributed by atoms with Gasteiger partial charge in [0.2, 0.25) is 5.78 Å². The summed E-state index contributed by atoms with van der Waals surface area (Å²) in [6.45, 7) is 4.39. The fourth-order valence-electron chi connectivity index (χ4n) is 3.54. The average molecular weight is 408 g/mol. The highest BCUT2D eigenvalue weighted by atomic mass is 35.5. The van der Waals surface area contributed by atoms with Crippen LogP contribution in [0.5, 0.6) is 0 Å². The van der Waals surface area contributed by atoms with Gasteiger partial charge in [0.25, 0.3) is 0 Å². The number of aryl methyl sites for hydroxylation is 1. The van der Waals surface area contributed by atoms with Gasteiger partial charge < -0.3 is 16.0 Å². The molecule has 1 fully saturated rings. The molecule has 4 rings (SSSR count). The van der Waals surface area contributed by atoms with Gasteiger partial charge in [-0.15, -0.1) is 0 Å². The van der Waals surface area contributed by atoms with Crippen LogP contribution < -0.4 is 16.0 Å². The van der Waals surface area contributed by atoms with Crippen LogP contribution in [-0.2, 0) is 0 Å². The van der Waals surface area contributed by atoms with Crippen LogP contribution in [0.15, 0.2) is 54.7 Å². The first kappa shape index (κ1) is 19.4. The third-order valence-corrected chi connectivity index (χ3v) is 5.56. The van der Waals surface area contributed by atoms with E-state index in [4.69, 9.17) is 17.3 Å². The monoisotopic (exact) mass is 407 g/mol. The van der Waals surface area contributed by atoms with Gasteiger partial charge in [0.05, 0.1) is 5.56 Å². The number of rotatable bonds is 4. The molecule has 1 aliphatic rings. The van der Waals surface area contributed by atoms with Crippen LogP contribution in [0.3, 0.4) is 0 Å². The fourth-order valence-corrected chi connectivity index (χ4v) is 3.66. The quantitative estimate of drug-likeness (QED) is 0.645. The summed E-state index contributed by atoms with van der Waals surface area (Å²) in [7, 11) is 0. The number of anilines is 2. The highest BCUT2D eigenvalue weighted by Gasteiger charge is 2.23. The van der Waals surface area contributed by atoms with Crippen molar-refractivity contribution in [3.8, 4) is 0 Å². The number of piperazine rings is 1. The first-order valence-electron chi connectivity index (χ1n) is 9.49. The molecule has 1 atom stereocenters. The van der Waals surface area contributed by atoms with Crippen LogP contribution in [0.4, 0.5) is 11.6 Å². The smallest absolute Gasteiger partial charge is 0.215 e. The molecule has 0 radical (unpaired) electrons. The van der Waals surface area contributed by atoms with Crippen LogP contribution in [0.1, 0.15) is 33.2 Å². The number of benzene rings is 1. The Labute approximate surface area is 174 Å².